The van der Waals surface area contributed by atoms with Crippen molar-refractivity contribution < 1.29 is 9.90 Å². The molecule has 0 saturated heterocycles. The van der Waals surface area contributed by atoms with Gasteiger partial charge in [0.05, 0.1) is 12.6 Å². The summed E-state index contributed by atoms with van der Waals surface area (Å²) < 4.78 is 0. The fourth-order valence-electron chi connectivity index (χ4n) is 3.98. The van der Waals surface area contributed by atoms with E-state index < -0.39 is 12.3 Å². The highest BCUT2D eigenvalue weighted by Crippen LogP contribution is 2.27. The van der Waals surface area contributed by atoms with Crippen molar-refractivity contribution in [1.82, 2.24) is 10.6 Å². The smallest absolute Gasteiger partial charge is 0.287 e. The molecule has 2 aromatic rings. The minimum Gasteiger partial charge on any atom is -0.372 e. The molecule has 0 aliphatic carbocycles. The molecule has 0 radical (unpaired) electrons. The number of benzene rings is 2. The summed E-state index contributed by atoms with van der Waals surface area (Å²) in [5.41, 5.74) is 5.26. The molecule has 4 rings (SSSR count). The Labute approximate surface area is 187 Å². The lowest BCUT2D eigenvalue weighted by atomic mass is 10.0. The lowest BCUT2D eigenvalue weighted by Crippen LogP contribution is -2.51. The van der Waals surface area contributed by atoms with Gasteiger partial charge < -0.3 is 21.1 Å². The summed E-state index contributed by atoms with van der Waals surface area (Å²) in [7, 11) is 0. The number of carbonyl (C=O) groups excluding carboxylic acids is 1. The highest BCUT2D eigenvalue weighted by atomic mass is 35.5. The zero-order valence-corrected chi connectivity index (χ0v) is 18.2. The van der Waals surface area contributed by atoms with Gasteiger partial charge in [0.15, 0.2) is 5.84 Å². The van der Waals surface area contributed by atoms with Gasteiger partial charge >= 0.3 is 0 Å². The molecule has 0 saturated carbocycles. The van der Waals surface area contributed by atoms with Gasteiger partial charge in [-0.2, -0.15) is 0 Å². The molecule has 1 amide bonds. The van der Waals surface area contributed by atoms with Gasteiger partial charge in [0.25, 0.3) is 5.91 Å². The van der Waals surface area contributed by atoms with Crippen molar-refractivity contribution in [3.8, 4) is 0 Å². The molecule has 2 aliphatic rings. The van der Waals surface area contributed by atoms with E-state index in [-0.39, 0.29) is 5.91 Å². The molecule has 2 aliphatic heterocycles. The fourth-order valence-corrected chi connectivity index (χ4v) is 4.15. The number of nitrogens with zero attached hydrogens (tertiary/aromatic N) is 1. The number of amidine groups is 1. The van der Waals surface area contributed by atoms with Gasteiger partial charge in [-0.15, -0.1) is 0 Å². The molecule has 6 nitrogen and oxygen atoms in total. The van der Waals surface area contributed by atoms with Crippen molar-refractivity contribution in [2.75, 3.05) is 11.9 Å². The lowest BCUT2D eigenvalue weighted by molar-refractivity contribution is -0.116. The number of amides is 1. The Morgan fingerprint density at radius 2 is 2.06 bits per heavy atom. The first kappa shape index (κ1) is 21.4. The highest BCUT2D eigenvalue weighted by molar-refractivity contribution is 6.38. The van der Waals surface area contributed by atoms with Crippen LogP contribution >= 0.6 is 11.6 Å². The van der Waals surface area contributed by atoms with Crippen molar-refractivity contribution in [2.24, 2.45) is 4.99 Å². The van der Waals surface area contributed by atoms with Crippen LogP contribution in [0.2, 0.25) is 5.02 Å². The van der Waals surface area contributed by atoms with Gasteiger partial charge in [0.2, 0.25) is 0 Å². The third-order valence-corrected chi connectivity index (χ3v) is 6.02. The third kappa shape index (κ3) is 5.09. The Balaban J connectivity index is 1.42. The van der Waals surface area contributed by atoms with Crippen LogP contribution in [0.3, 0.4) is 0 Å². The van der Waals surface area contributed by atoms with Crippen LogP contribution in [0.15, 0.2) is 64.8 Å². The van der Waals surface area contributed by atoms with Crippen molar-refractivity contribution >= 4 is 29.0 Å². The summed E-state index contributed by atoms with van der Waals surface area (Å²) in [6, 6.07) is 15.3. The van der Waals surface area contributed by atoms with Crippen LogP contribution in [0, 0.1) is 0 Å². The van der Waals surface area contributed by atoms with Crippen LogP contribution in [0.1, 0.15) is 30.9 Å². The van der Waals surface area contributed by atoms with E-state index in [1.807, 2.05) is 30.3 Å². The second-order valence-electron chi connectivity index (χ2n) is 7.90. The molecule has 2 aromatic carbocycles. The van der Waals surface area contributed by atoms with Crippen molar-refractivity contribution in [3.63, 3.8) is 0 Å². The number of aliphatic hydroxyl groups excluding tert-OH is 1. The van der Waals surface area contributed by atoms with Crippen LogP contribution in [-0.2, 0) is 17.6 Å². The number of aliphatic imine (C=N–C) groups is 1. The molecule has 0 aromatic heterocycles. The number of fused-ring (bicyclic) bond motifs is 1. The number of allylic oxidation sites excluding steroid dienone is 1. The van der Waals surface area contributed by atoms with E-state index in [0.29, 0.717) is 23.8 Å². The Hall–Kier alpha value is -2.83. The largest absolute Gasteiger partial charge is 0.372 e. The second kappa shape index (κ2) is 9.54. The van der Waals surface area contributed by atoms with Crippen molar-refractivity contribution in [2.45, 2.75) is 44.9 Å². The molecular weight excluding hydrogens is 412 g/mol. The summed E-state index contributed by atoms with van der Waals surface area (Å²) >= 11 is 6.08. The summed E-state index contributed by atoms with van der Waals surface area (Å²) in [6.45, 7) is 2.60. The maximum Gasteiger partial charge on any atom is 0.287 e. The van der Waals surface area contributed by atoms with Gasteiger partial charge in [-0.05, 0) is 48.1 Å². The van der Waals surface area contributed by atoms with Gasteiger partial charge in [-0.25, -0.2) is 0 Å². The minimum absolute atomic E-state index is 0.292. The van der Waals surface area contributed by atoms with E-state index in [0.717, 1.165) is 36.2 Å². The first-order valence-electron chi connectivity index (χ1n) is 10.6. The normalized spacial score (nSPS) is 20.7. The van der Waals surface area contributed by atoms with Gasteiger partial charge in [0, 0.05) is 22.8 Å². The van der Waals surface area contributed by atoms with E-state index in [2.05, 4.69) is 40.0 Å². The zero-order chi connectivity index (χ0) is 21.8. The van der Waals surface area contributed by atoms with Crippen molar-refractivity contribution in [1.29, 1.82) is 0 Å². The molecule has 2 unspecified atom stereocenters. The maximum absolute atomic E-state index is 13.0. The van der Waals surface area contributed by atoms with Crippen LogP contribution in [0.5, 0.6) is 0 Å². The summed E-state index contributed by atoms with van der Waals surface area (Å²) in [5.74, 6) is -0.0179. The summed E-state index contributed by atoms with van der Waals surface area (Å²) in [4.78, 5) is 17.4. The van der Waals surface area contributed by atoms with E-state index in [9.17, 15) is 9.90 Å². The molecular formula is C24H27ClN4O2. The zero-order valence-electron chi connectivity index (χ0n) is 17.5. The van der Waals surface area contributed by atoms with E-state index in [1.54, 1.807) is 6.07 Å². The molecule has 0 spiro atoms. The molecule has 162 valence electrons. The Morgan fingerprint density at radius 3 is 2.84 bits per heavy atom. The number of anilines is 1. The number of aryl methyl sites for hydroxylation is 1. The second-order valence-corrected chi connectivity index (χ2v) is 8.33. The third-order valence-electron chi connectivity index (χ3n) is 5.79. The molecule has 0 bridgehead atoms. The standard InChI is InChI=1S/C24H27ClN4O2/c1-2-16-14-26-22(27-20(16)12-15-6-4-3-5-7-15)24(31)28-19-11-9-17-8-10-18(25)13-21(17)29-23(19)30/h3-8,10,13,19,23,29-30H,2,9,11-12,14H2,1H3,(H,26,27)(H,28,31). The highest BCUT2D eigenvalue weighted by Gasteiger charge is 2.28. The van der Waals surface area contributed by atoms with Crippen LogP contribution in [-0.4, -0.2) is 35.7 Å². The monoisotopic (exact) mass is 438 g/mol. The fraction of sp³-hybridized carbons (Fsp3) is 0.333. The number of hydrogen-bond acceptors (Lipinski definition) is 5. The van der Waals surface area contributed by atoms with Gasteiger partial charge in [0.1, 0.15) is 6.23 Å². The average molecular weight is 439 g/mol. The van der Waals surface area contributed by atoms with E-state index >= 15 is 0 Å². The molecule has 4 N–H and O–H groups in total. The predicted octanol–water partition coefficient (Wildman–Crippen LogP) is 3.41. The number of halogens is 1. The van der Waals surface area contributed by atoms with E-state index in [1.165, 1.54) is 11.1 Å². The number of aliphatic hydroxyl groups is 1. The average Bonchev–Trinajstić information content (AvgIpc) is 2.92. The maximum atomic E-state index is 13.0. The SMILES string of the molecule is CCC1=C(Cc2ccccc2)NC(C(=O)NC2CCc3ccc(Cl)cc3NC2O)=NC1. The Bertz CT molecular complexity index is 1020. The molecule has 31 heavy (non-hydrogen) atoms. The summed E-state index contributed by atoms with van der Waals surface area (Å²) in [6.07, 6.45) is 2.01. The quantitative estimate of drug-likeness (QED) is 0.576. The van der Waals surface area contributed by atoms with Gasteiger partial charge in [-0.3, -0.25) is 9.79 Å². The number of nitrogens with one attached hydrogen (secondary N) is 3. The molecule has 2 heterocycles. The predicted molar refractivity (Wildman–Crippen MR) is 124 cm³/mol. The minimum atomic E-state index is -0.918. The van der Waals surface area contributed by atoms with Crippen LogP contribution in [0.25, 0.3) is 0 Å². The van der Waals surface area contributed by atoms with Crippen LogP contribution in [0.4, 0.5) is 5.69 Å². The van der Waals surface area contributed by atoms with E-state index in [4.69, 9.17) is 11.6 Å². The lowest BCUT2D eigenvalue weighted by Gasteiger charge is -2.26. The molecule has 2 atom stereocenters. The summed E-state index contributed by atoms with van der Waals surface area (Å²) in [5, 5.41) is 20.5. The number of carbonyl (C=O) groups is 1. The topological polar surface area (TPSA) is 85.8 Å². The van der Waals surface area contributed by atoms with Crippen LogP contribution < -0.4 is 16.0 Å². The van der Waals surface area contributed by atoms with Gasteiger partial charge in [-0.1, -0.05) is 54.9 Å². The molecule has 7 heteroatoms. The Morgan fingerprint density at radius 1 is 1.26 bits per heavy atom. The number of hydrogen-bond donors (Lipinski definition) is 4. The number of rotatable bonds is 5. The van der Waals surface area contributed by atoms with Crippen molar-refractivity contribution in [3.05, 3.63) is 76.0 Å². The first-order chi connectivity index (χ1) is 15.0. The Kier molecular flexibility index (Phi) is 6.59. The molecule has 0 fully saturated rings. The first-order valence-corrected chi connectivity index (χ1v) is 11.0.